The van der Waals surface area contributed by atoms with Gasteiger partial charge in [-0.1, -0.05) is 18.2 Å². The van der Waals surface area contributed by atoms with Gasteiger partial charge in [-0.2, -0.15) is 0 Å². The second kappa shape index (κ2) is 5.60. The van der Waals surface area contributed by atoms with E-state index in [2.05, 4.69) is 9.88 Å². The van der Waals surface area contributed by atoms with Gasteiger partial charge in [0.25, 0.3) is 5.91 Å². The van der Waals surface area contributed by atoms with Crippen molar-refractivity contribution in [2.24, 2.45) is 11.7 Å². The van der Waals surface area contributed by atoms with Gasteiger partial charge in [0.1, 0.15) is 5.69 Å². The van der Waals surface area contributed by atoms with Crippen LogP contribution < -0.4 is 11.1 Å². The number of carbonyl (C=O) groups is 2. The maximum atomic E-state index is 12.3. The topological polar surface area (TPSA) is 77.1 Å². The van der Waals surface area contributed by atoms with E-state index in [4.69, 9.17) is 5.73 Å². The third kappa shape index (κ3) is 3.07. The molecule has 0 unspecified atom stereocenters. The molecule has 3 rings (SSSR count). The summed E-state index contributed by atoms with van der Waals surface area (Å²) >= 11 is 0. The molecule has 2 amide bonds. The van der Waals surface area contributed by atoms with E-state index in [1.54, 1.807) is 0 Å². The number of aromatic nitrogens is 1. The van der Waals surface area contributed by atoms with Gasteiger partial charge in [0.05, 0.1) is 0 Å². The van der Waals surface area contributed by atoms with Gasteiger partial charge in [0, 0.05) is 30.4 Å². The molecule has 1 fully saturated rings. The Kier molecular flexibility index (Phi) is 3.64. The summed E-state index contributed by atoms with van der Waals surface area (Å²) in [6, 6.07) is 9.92. The minimum absolute atomic E-state index is 0.145. The Bertz CT molecular complexity index is 686. The first kappa shape index (κ1) is 13.7. The number of para-hydroxylation sites is 1. The highest BCUT2D eigenvalue weighted by Gasteiger charge is 2.25. The molecule has 1 heterocycles. The molecule has 0 bridgehead atoms. The summed E-state index contributed by atoms with van der Waals surface area (Å²) in [6.07, 6.45) is 2.62. The number of carbonyl (C=O) groups excluding carboxylic acids is 2. The van der Waals surface area contributed by atoms with Crippen LogP contribution in [0, 0.1) is 5.92 Å². The summed E-state index contributed by atoms with van der Waals surface area (Å²) in [7, 11) is 0. The summed E-state index contributed by atoms with van der Waals surface area (Å²) in [5.74, 6) is 0.125. The molecular weight excluding hydrogens is 266 g/mol. The average molecular weight is 285 g/mol. The van der Waals surface area contributed by atoms with Gasteiger partial charge in [-0.15, -0.1) is 0 Å². The highest BCUT2D eigenvalue weighted by molar-refractivity contribution is 5.98. The Morgan fingerprint density at radius 3 is 2.76 bits per heavy atom. The van der Waals surface area contributed by atoms with Crippen molar-refractivity contribution < 1.29 is 9.59 Å². The number of nitrogens with two attached hydrogens (primary N) is 1. The molecule has 3 N–H and O–H groups in total. The zero-order chi connectivity index (χ0) is 14.8. The lowest BCUT2D eigenvalue weighted by molar-refractivity contribution is -0.117. The van der Waals surface area contributed by atoms with Gasteiger partial charge in [-0.25, -0.2) is 0 Å². The number of nitrogens with zero attached hydrogens (tertiary/aromatic N) is 1. The van der Waals surface area contributed by atoms with E-state index in [0.29, 0.717) is 11.6 Å². The normalized spacial score (nSPS) is 14.3. The van der Waals surface area contributed by atoms with E-state index in [9.17, 15) is 9.59 Å². The van der Waals surface area contributed by atoms with E-state index in [1.165, 1.54) is 12.8 Å². The van der Waals surface area contributed by atoms with E-state index in [-0.39, 0.29) is 18.9 Å². The lowest BCUT2D eigenvalue weighted by Gasteiger charge is -2.10. The van der Waals surface area contributed by atoms with Crippen LogP contribution in [0.3, 0.4) is 0 Å². The summed E-state index contributed by atoms with van der Waals surface area (Å²) in [5, 5.41) is 3.83. The first-order valence-electron chi connectivity index (χ1n) is 7.30. The van der Waals surface area contributed by atoms with Crippen molar-refractivity contribution >= 4 is 22.7 Å². The van der Waals surface area contributed by atoms with Crippen molar-refractivity contribution in [1.29, 1.82) is 0 Å². The number of fused-ring (bicyclic) bond motifs is 1. The molecule has 1 aromatic carbocycles. The molecule has 21 heavy (non-hydrogen) atoms. The Balaban J connectivity index is 1.85. The highest BCUT2D eigenvalue weighted by atomic mass is 16.2. The predicted molar refractivity (Wildman–Crippen MR) is 80.8 cm³/mol. The monoisotopic (exact) mass is 285 g/mol. The van der Waals surface area contributed by atoms with Crippen LogP contribution in [0.2, 0.25) is 0 Å². The Labute approximate surface area is 123 Å². The van der Waals surface area contributed by atoms with Crippen molar-refractivity contribution in [2.75, 3.05) is 6.54 Å². The molecular formula is C16H19N3O2. The molecule has 2 aromatic rings. The van der Waals surface area contributed by atoms with Gasteiger partial charge in [0.15, 0.2) is 0 Å². The van der Waals surface area contributed by atoms with Crippen LogP contribution in [0.5, 0.6) is 0 Å². The third-order valence-electron chi connectivity index (χ3n) is 3.84. The molecule has 0 atom stereocenters. The first-order valence-corrected chi connectivity index (χ1v) is 7.30. The quantitative estimate of drug-likeness (QED) is 0.846. The van der Waals surface area contributed by atoms with E-state index < -0.39 is 5.91 Å². The molecule has 0 radical (unpaired) electrons. The molecule has 1 saturated carbocycles. The zero-order valence-electron chi connectivity index (χ0n) is 11.8. The number of rotatable bonds is 6. The minimum atomic E-state index is -0.408. The van der Waals surface area contributed by atoms with Crippen molar-refractivity contribution in [2.45, 2.75) is 25.8 Å². The summed E-state index contributed by atoms with van der Waals surface area (Å²) in [4.78, 5) is 23.1. The van der Waals surface area contributed by atoms with Crippen LogP contribution >= 0.6 is 0 Å². The molecule has 5 heteroatoms. The zero-order valence-corrected chi connectivity index (χ0v) is 11.8. The first-order chi connectivity index (χ1) is 10.1. The second-order valence-electron chi connectivity index (χ2n) is 5.61. The van der Waals surface area contributed by atoms with E-state index in [1.807, 2.05) is 30.3 Å². The molecule has 1 aliphatic carbocycles. The van der Waals surface area contributed by atoms with Crippen molar-refractivity contribution in [1.82, 2.24) is 9.88 Å². The molecule has 110 valence electrons. The molecule has 0 saturated heterocycles. The lowest BCUT2D eigenvalue weighted by atomic mass is 10.2. The van der Waals surface area contributed by atoms with Crippen LogP contribution in [0.25, 0.3) is 10.9 Å². The van der Waals surface area contributed by atoms with Crippen molar-refractivity contribution in [3.05, 3.63) is 36.0 Å². The fourth-order valence-corrected chi connectivity index (χ4v) is 2.54. The summed E-state index contributed by atoms with van der Waals surface area (Å²) in [6.45, 7) is 1.16. The molecule has 5 nitrogen and oxygen atoms in total. The SMILES string of the molecule is NC(=O)CCNC(=O)c1cc2ccccc2n1CC1CC1. The minimum Gasteiger partial charge on any atom is -0.370 e. The standard InChI is InChI=1S/C16H19N3O2/c17-15(20)7-8-18-16(21)14-9-12-3-1-2-4-13(12)19(14)10-11-5-6-11/h1-4,9,11H,5-8,10H2,(H2,17,20)(H,18,21). The smallest absolute Gasteiger partial charge is 0.267 e. The Morgan fingerprint density at radius 1 is 1.29 bits per heavy atom. The molecule has 1 aliphatic rings. The number of hydrogen-bond acceptors (Lipinski definition) is 2. The van der Waals surface area contributed by atoms with Gasteiger partial charge in [-0.05, 0) is 30.9 Å². The molecule has 1 aromatic heterocycles. The summed E-state index contributed by atoms with van der Waals surface area (Å²) in [5.41, 5.74) is 6.83. The van der Waals surface area contributed by atoms with Gasteiger partial charge >= 0.3 is 0 Å². The number of primary amides is 1. The maximum Gasteiger partial charge on any atom is 0.267 e. The van der Waals surface area contributed by atoms with Crippen LogP contribution in [-0.2, 0) is 11.3 Å². The Hall–Kier alpha value is -2.30. The van der Waals surface area contributed by atoms with Crippen molar-refractivity contribution in [3.63, 3.8) is 0 Å². The van der Waals surface area contributed by atoms with Gasteiger partial charge in [-0.3, -0.25) is 9.59 Å². The second-order valence-corrected chi connectivity index (χ2v) is 5.61. The average Bonchev–Trinajstić information content (AvgIpc) is 3.19. The fourth-order valence-electron chi connectivity index (χ4n) is 2.54. The van der Waals surface area contributed by atoms with Gasteiger partial charge < -0.3 is 15.6 Å². The van der Waals surface area contributed by atoms with Crippen LogP contribution in [0.1, 0.15) is 29.8 Å². The highest BCUT2D eigenvalue weighted by Crippen LogP contribution is 2.33. The molecule has 0 aliphatic heterocycles. The van der Waals surface area contributed by atoms with Crippen LogP contribution in [0.4, 0.5) is 0 Å². The predicted octanol–water partition coefficient (Wildman–Crippen LogP) is 1.66. The number of hydrogen-bond donors (Lipinski definition) is 2. The molecule has 0 spiro atoms. The van der Waals surface area contributed by atoms with Gasteiger partial charge in [0.2, 0.25) is 5.91 Å². The largest absolute Gasteiger partial charge is 0.370 e. The number of amides is 2. The van der Waals surface area contributed by atoms with Crippen molar-refractivity contribution in [3.8, 4) is 0 Å². The van der Waals surface area contributed by atoms with Crippen LogP contribution in [0.15, 0.2) is 30.3 Å². The van der Waals surface area contributed by atoms with E-state index in [0.717, 1.165) is 17.4 Å². The number of nitrogens with one attached hydrogen (secondary N) is 1. The fraction of sp³-hybridized carbons (Fsp3) is 0.375. The van der Waals surface area contributed by atoms with Crippen LogP contribution in [-0.4, -0.2) is 22.9 Å². The maximum absolute atomic E-state index is 12.3. The lowest BCUT2D eigenvalue weighted by Crippen LogP contribution is -2.29. The van der Waals surface area contributed by atoms with E-state index >= 15 is 0 Å². The number of benzene rings is 1. The summed E-state index contributed by atoms with van der Waals surface area (Å²) < 4.78 is 2.09. The Morgan fingerprint density at radius 2 is 2.05 bits per heavy atom. The third-order valence-corrected chi connectivity index (χ3v) is 3.84.